The molecule has 0 amide bonds. The second kappa shape index (κ2) is 6.50. The summed E-state index contributed by atoms with van der Waals surface area (Å²) in [7, 11) is 3.16. The molecule has 1 N–H and O–H groups in total. The van der Waals surface area contributed by atoms with Gasteiger partial charge in [0.15, 0.2) is 11.5 Å². The lowest BCUT2D eigenvalue weighted by atomic mass is 10.2. The summed E-state index contributed by atoms with van der Waals surface area (Å²) in [5.74, 6) is 1.19. The molecule has 0 aliphatic rings. The lowest BCUT2D eigenvalue weighted by Gasteiger charge is -2.12. The summed E-state index contributed by atoms with van der Waals surface area (Å²) >= 11 is 6.14. The van der Waals surface area contributed by atoms with Crippen LogP contribution in [0, 0.1) is 0 Å². The van der Waals surface area contributed by atoms with Crippen LogP contribution < -0.4 is 14.8 Å². The minimum atomic E-state index is 0.543. The molecule has 0 spiro atoms. The smallest absolute Gasteiger partial charge is 0.179 e. The quantitative estimate of drug-likeness (QED) is 0.883. The first-order valence-corrected chi connectivity index (χ1v) is 6.24. The molecule has 0 bridgehead atoms. The van der Waals surface area contributed by atoms with Crippen LogP contribution in [0.3, 0.4) is 0 Å². The minimum Gasteiger partial charge on any atom is -0.493 e. The number of hydrogen-bond acceptors (Lipinski definition) is 4. The summed E-state index contributed by atoms with van der Waals surface area (Å²) in [6.45, 7) is 1.42. The number of ether oxygens (including phenoxy) is 2. The SMILES string of the molecule is COc1cc(CNCc2ccoc2)cc(Cl)c1OC. The molecule has 19 heavy (non-hydrogen) atoms. The van der Waals surface area contributed by atoms with E-state index < -0.39 is 0 Å². The van der Waals surface area contributed by atoms with E-state index in [0.29, 0.717) is 23.1 Å². The van der Waals surface area contributed by atoms with Gasteiger partial charge in [-0.15, -0.1) is 0 Å². The van der Waals surface area contributed by atoms with Crippen molar-refractivity contribution < 1.29 is 13.9 Å². The largest absolute Gasteiger partial charge is 0.493 e. The molecular formula is C14H16ClNO3. The lowest BCUT2D eigenvalue weighted by Crippen LogP contribution is -2.12. The second-order valence-electron chi connectivity index (χ2n) is 4.05. The van der Waals surface area contributed by atoms with Crippen molar-refractivity contribution in [3.63, 3.8) is 0 Å². The summed E-state index contributed by atoms with van der Waals surface area (Å²) in [5, 5.41) is 3.85. The zero-order valence-electron chi connectivity index (χ0n) is 10.9. The molecule has 0 radical (unpaired) electrons. The molecule has 2 rings (SSSR count). The third-order valence-corrected chi connectivity index (χ3v) is 3.01. The first kappa shape index (κ1) is 13.8. The summed E-state index contributed by atoms with van der Waals surface area (Å²) in [6.07, 6.45) is 3.37. The van der Waals surface area contributed by atoms with E-state index in [2.05, 4.69) is 5.32 Å². The number of methoxy groups -OCH3 is 2. The van der Waals surface area contributed by atoms with Gasteiger partial charge in [-0.05, 0) is 23.8 Å². The van der Waals surface area contributed by atoms with Crippen LogP contribution in [0.4, 0.5) is 0 Å². The van der Waals surface area contributed by atoms with E-state index in [-0.39, 0.29) is 0 Å². The average Bonchev–Trinajstić information content (AvgIpc) is 2.91. The summed E-state index contributed by atoms with van der Waals surface area (Å²) < 4.78 is 15.5. The van der Waals surface area contributed by atoms with Crippen molar-refractivity contribution >= 4 is 11.6 Å². The molecule has 102 valence electrons. The maximum absolute atomic E-state index is 6.14. The van der Waals surface area contributed by atoms with Crippen molar-refractivity contribution in [3.05, 3.63) is 46.9 Å². The highest BCUT2D eigenvalue weighted by molar-refractivity contribution is 6.32. The second-order valence-corrected chi connectivity index (χ2v) is 4.46. The van der Waals surface area contributed by atoms with Gasteiger partial charge in [-0.3, -0.25) is 0 Å². The van der Waals surface area contributed by atoms with Crippen LogP contribution in [-0.2, 0) is 13.1 Å². The Morgan fingerprint density at radius 3 is 2.58 bits per heavy atom. The summed E-state index contributed by atoms with van der Waals surface area (Å²) in [5.41, 5.74) is 2.14. The zero-order valence-corrected chi connectivity index (χ0v) is 11.7. The van der Waals surface area contributed by atoms with Crippen LogP contribution in [0.25, 0.3) is 0 Å². The third kappa shape index (κ3) is 3.43. The zero-order chi connectivity index (χ0) is 13.7. The molecule has 4 nitrogen and oxygen atoms in total. The highest BCUT2D eigenvalue weighted by atomic mass is 35.5. The molecule has 0 aliphatic heterocycles. The Bertz CT molecular complexity index is 526. The van der Waals surface area contributed by atoms with Gasteiger partial charge < -0.3 is 19.2 Å². The van der Waals surface area contributed by atoms with Crippen LogP contribution in [0.2, 0.25) is 5.02 Å². The van der Waals surface area contributed by atoms with E-state index >= 15 is 0 Å². The summed E-state index contributed by atoms with van der Waals surface area (Å²) in [6, 6.07) is 5.70. The Balaban J connectivity index is 2.02. The molecule has 0 unspecified atom stereocenters. The number of halogens is 1. The number of furan rings is 1. The van der Waals surface area contributed by atoms with E-state index in [1.54, 1.807) is 26.7 Å². The fourth-order valence-electron chi connectivity index (χ4n) is 1.82. The predicted molar refractivity (Wildman–Crippen MR) is 73.8 cm³/mol. The molecule has 0 atom stereocenters. The fourth-order valence-corrected chi connectivity index (χ4v) is 2.13. The van der Waals surface area contributed by atoms with Gasteiger partial charge in [0.2, 0.25) is 0 Å². The van der Waals surface area contributed by atoms with Crippen molar-refractivity contribution in [2.24, 2.45) is 0 Å². The first-order valence-electron chi connectivity index (χ1n) is 5.86. The van der Waals surface area contributed by atoms with E-state index in [0.717, 1.165) is 17.7 Å². The van der Waals surface area contributed by atoms with Gasteiger partial charge in [0.05, 0.1) is 31.8 Å². The van der Waals surface area contributed by atoms with Crippen molar-refractivity contribution in [3.8, 4) is 11.5 Å². The molecule has 0 saturated carbocycles. The molecule has 0 aliphatic carbocycles. The van der Waals surface area contributed by atoms with Gasteiger partial charge in [-0.2, -0.15) is 0 Å². The van der Waals surface area contributed by atoms with Crippen LogP contribution in [0.15, 0.2) is 35.1 Å². The molecule has 1 aromatic heterocycles. The van der Waals surface area contributed by atoms with Gasteiger partial charge in [0.25, 0.3) is 0 Å². The van der Waals surface area contributed by atoms with Crippen LogP contribution in [-0.4, -0.2) is 14.2 Å². The number of hydrogen-bond donors (Lipinski definition) is 1. The molecule has 0 saturated heterocycles. The minimum absolute atomic E-state index is 0.543. The fraction of sp³-hybridized carbons (Fsp3) is 0.286. The van der Waals surface area contributed by atoms with Crippen molar-refractivity contribution in [2.75, 3.05) is 14.2 Å². The van der Waals surface area contributed by atoms with Crippen molar-refractivity contribution in [2.45, 2.75) is 13.1 Å². The van der Waals surface area contributed by atoms with Crippen LogP contribution in [0.1, 0.15) is 11.1 Å². The number of nitrogens with one attached hydrogen (secondary N) is 1. The predicted octanol–water partition coefficient (Wildman–Crippen LogP) is 3.24. The van der Waals surface area contributed by atoms with Crippen LogP contribution in [0.5, 0.6) is 11.5 Å². The Hall–Kier alpha value is -1.65. The Morgan fingerprint density at radius 1 is 1.16 bits per heavy atom. The van der Waals surface area contributed by atoms with Gasteiger partial charge in [-0.25, -0.2) is 0 Å². The van der Waals surface area contributed by atoms with Gasteiger partial charge >= 0.3 is 0 Å². The Labute approximate surface area is 117 Å². The van der Waals surface area contributed by atoms with Gasteiger partial charge in [0, 0.05) is 18.7 Å². The number of benzene rings is 1. The van der Waals surface area contributed by atoms with Gasteiger partial charge in [-0.1, -0.05) is 11.6 Å². The maximum Gasteiger partial charge on any atom is 0.179 e. The highest BCUT2D eigenvalue weighted by Gasteiger charge is 2.10. The maximum atomic E-state index is 6.14. The lowest BCUT2D eigenvalue weighted by molar-refractivity contribution is 0.354. The van der Waals surface area contributed by atoms with E-state index in [9.17, 15) is 0 Å². The molecule has 2 aromatic rings. The number of rotatable bonds is 6. The van der Waals surface area contributed by atoms with E-state index in [1.165, 1.54) is 0 Å². The normalized spacial score (nSPS) is 10.5. The summed E-state index contributed by atoms with van der Waals surface area (Å²) in [4.78, 5) is 0. The molecule has 1 heterocycles. The van der Waals surface area contributed by atoms with Crippen LogP contribution >= 0.6 is 11.6 Å². The molecule has 0 fully saturated rings. The first-order chi connectivity index (χ1) is 9.24. The molecule has 1 aromatic carbocycles. The third-order valence-electron chi connectivity index (χ3n) is 2.73. The van der Waals surface area contributed by atoms with E-state index in [1.807, 2.05) is 18.2 Å². The average molecular weight is 282 g/mol. The standard InChI is InChI=1S/C14H16ClNO3/c1-17-13-6-11(5-12(15)14(13)18-2)8-16-7-10-3-4-19-9-10/h3-6,9,16H,7-8H2,1-2H3. The highest BCUT2D eigenvalue weighted by Crippen LogP contribution is 2.35. The van der Waals surface area contributed by atoms with Crippen molar-refractivity contribution in [1.29, 1.82) is 0 Å². The monoisotopic (exact) mass is 281 g/mol. The Morgan fingerprint density at radius 2 is 1.95 bits per heavy atom. The molecule has 5 heteroatoms. The topological polar surface area (TPSA) is 43.6 Å². The molecular weight excluding hydrogens is 266 g/mol. The Kier molecular flexibility index (Phi) is 4.71. The van der Waals surface area contributed by atoms with Crippen molar-refractivity contribution in [1.82, 2.24) is 5.32 Å². The van der Waals surface area contributed by atoms with E-state index in [4.69, 9.17) is 25.5 Å². The van der Waals surface area contributed by atoms with Gasteiger partial charge in [0.1, 0.15) is 0 Å².